The Morgan fingerprint density at radius 2 is 0.821 bits per heavy atom. The summed E-state index contributed by atoms with van der Waals surface area (Å²) in [6, 6.07) is 16.1. The molecule has 0 unspecified atom stereocenters. The van der Waals surface area contributed by atoms with E-state index in [1.807, 2.05) is 0 Å². The van der Waals surface area contributed by atoms with E-state index >= 15 is 0 Å². The van der Waals surface area contributed by atoms with Gasteiger partial charge in [-0.1, -0.05) is 36.4 Å². The Balaban J connectivity index is 1.98. The lowest BCUT2D eigenvalue weighted by molar-refractivity contribution is -0.394. The number of benzene rings is 4. The third-order valence-electron chi connectivity index (χ3n) is 5.71. The van der Waals surface area contributed by atoms with Crippen LogP contribution in [-0.2, 0) is 9.84 Å². The van der Waals surface area contributed by atoms with Gasteiger partial charge in [-0.25, -0.2) is 8.42 Å². The van der Waals surface area contributed by atoms with E-state index in [1.165, 1.54) is 48.5 Å². The second-order valence-corrected chi connectivity index (χ2v) is 9.81. The van der Waals surface area contributed by atoms with Crippen LogP contribution in [-0.4, -0.2) is 28.1 Å². The van der Waals surface area contributed by atoms with Gasteiger partial charge in [-0.05, 0) is 24.3 Å². The molecule has 0 spiro atoms. The van der Waals surface area contributed by atoms with Crippen molar-refractivity contribution in [2.24, 2.45) is 0 Å². The second kappa shape index (κ2) is 10.1. The molecule has 0 amide bonds. The SMILES string of the molecule is O=[N+]([O-])c1ccc(-c2ccccc2S(=O)(=O)c2ccccc2-c2ccc([N+](=O)[O-])cc2[N+](=O)[O-])c([N+](=O)[O-])c1. The molecular weight excluding hydrogens is 536 g/mol. The topological polar surface area (TPSA) is 207 Å². The van der Waals surface area contributed by atoms with E-state index in [9.17, 15) is 48.9 Å². The Kier molecular flexibility index (Phi) is 6.83. The van der Waals surface area contributed by atoms with E-state index in [-0.39, 0.29) is 22.3 Å². The van der Waals surface area contributed by atoms with E-state index in [1.54, 1.807) is 0 Å². The molecule has 0 atom stereocenters. The normalized spacial score (nSPS) is 11.1. The molecule has 0 saturated heterocycles. The van der Waals surface area contributed by atoms with Crippen molar-refractivity contribution >= 4 is 32.6 Å². The van der Waals surface area contributed by atoms with Crippen molar-refractivity contribution in [1.82, 2.24) is 0 Å². The van der Waals surface area contributed by atoms with Gasteiger partial charge in [-0.15, -0.1) is 0 Å². The highest BCUT2D eigenvalue weighted by atomic mass is 32.2. The van der Waals surface area contributed by atoms with Gasteiger partial charge in [0.25, 0.3) is 22.7 Å². The van der Waals surface area contributed by atoms with E-state index in [0.29, 0.717) is 12.1 Å². The number of hydrogen-bond acceptors (Lipinski definition) is 10. The zero-order chi connectivity index (χ0) is 28.5. The minimum atomic E-state index is -4.55. The van der Waals surface area contributed by atoms with E-state index < -0.39 is 62.1 Å². The first-order chi connectivity index (χ1) is 18.4. The number of sulfone groups is 1. The summed E-state index contributed by atoms with van der Waals surface area (Å²) in [7, 11) is -4.55. The first kappa shape index (κ1) is 26.5. The van der Waals surface area contributed by atoms with Crippen molar-refractivity contribution in [3.05, 3.63) is 125 Å². The van der Waals surface area contributed by atoms with Crippen LogP contribution in [0.1, 0.15) is 0 Å². The van der Waals surface area contributed by atoms with Crippen LogP contribution >= 0.6 is 0 Å². The molecule has 196 valence electrons. The summed E-state index contributed by atoms with van der Waals surface area (Å²) in [5, 5.41) is 45.8. The minimum absolute atomic E-state index is 0.132. The Morgan fingerprint density at radius 1 is 0.462 bits per heavy atom. The molecule has 0 aliphatic rings. The maximum absolute atomic E-state index is 14.0. The fourth-order valence-corrected chi connectivity index (χ4v) is 5.68. The second-order valence-electron chi connectivity index (χ2n) is 7.93. The van der Waals surface area contributed by atoms with Crippen LogP contribution in [0.4, 0.5) is 22.7 Å². The molecule has 0 heterocycles. The Morgan fingerprint density at radius 3 is 1.15 bits per heavy atom. The maximum Gasteiger partial charge on any atom is 0.284 e. The third-order valence-corrected chi connectivity index (χ3v) is 7.58. The summed E-state index contributed by atoms with van der Waals surface area (Å²) < 4.78 is 28.0. The average Bonchev–Trinajstić information content (AvgIpc) is 2.92. The zero-order valence-corrected chi connectivity index (χ0v) is 20.2. The van der Waals surface area contributed by atoms with Crippen LogP contribution in [0.3, 0.4) is 0 Å². The van der Waals surface area contributed by atoms with Gasteiger partial charge < -0.3 is 0 Å². The highest BCUT2D eigenvalue weighted by Gasteiger charge is 2.31. The van der Waals surface area contributed by atoms with Gasteiger partial charge in [-0.3, -0.25) is 40.5 Å². The first-order valence-corrected chi connectivity index (χ1v) is 12.2. The molecular formula is C24H14N4O10S. The molecule has 0 radical (unpaired) electrons. The van der Waals surface area contributed by atoms with Gasteiger partial charge in [0.05, 0.1) is 52.7 Å². The molecule has 14 nitrogen and oxygen atoms in total. The summed E-state index contributed by atoms with van der Waals surface area (Å²) >= 11 is 0. The largest absolute Gasteiger partial charge is 0.284 e. The highest BCUT2D eigenvalue weighted by Crippen LogP contribution is 2.42. The zero-order valence-electron chi connectivity index (χ0n) is 19.4. The van der Waals surface area contributed by atoms with Gasteiger partial charge in [0.2, 0.25) is 9.84 Å². The van der Waals surface area contributed by atoms with Gasteiger partial charge >= 0.3 is 0 Å². The molecule has 0 fully saturated rings. The number of hydrogen-bond donors (Lipinski definition) is 0. The summed E-state index contributed by atoms with van der Waals surface area (Å²) in [5.74, 6) is 0. The minimum Gasteiger partial charge on any atom is -0.258 e. The van der Waals surface area contributed by atoms with Crippen molar-refractivity contribution in [1.29, 1.82) is 0 Å². The average molecular weight is 550 g/mol. The number of nitrogens with zero attached hydrogens (tertiary/aromatic N) is 4. The van der Waals surface area contributed by atoms with Gasteiger partial charge in [0.1, 0.15) is 0 Å². The number of nitro benzene ring substituents is 4. The van der Waals surface area contributed by atoms with Crippen LogP contribution in [0.5, 0.6) is 0 Å². The number of non-ortho nitro benzene ring substituents is 2. The van der Waals surface area contributed by atoms with Crippen molar-refractivity contribution < 1.29 is 28.1 Å². The van der Waals surface area contributed by atoms with Crippen molar-refractivity contribution in [3.63, 3.8) is 0 Å². The first-order valence-electron chi connectivity index (χ1n) is 10.7. The lowest BCUT2D eigenvalue weighted by atomic mass is 10.0. The van der Waals surface area contributed by atoms with Crippen molar-refractivity contribution in [2.75, 3.05) is 0 Å². The standard InChI is InChI=1S/C24H14N4O10S/c29-25(30)15-9-11-17(21(13-15)27(33)34)19-5-1-3-7-23(19)39(37,38)24-8-4-2-6-20(24)18-12-10-16(26(31)32)14-22(18)28(35)36/h1-14H. The Bertz CT molecular complexity index is 1680. The van der Waals surface area contributed by atoms with Crippen LogP contribution in [0.25, 0.3) is 22.3 Å². The molecule has 0 bridgehead atoms. The molecule has 4 aromatic rings. The Hall–Kier alpha value is -5.57. The summed E-state index contributed by atoms with van der Waals surface area (Å²) in [5.41, 5.74) is -3.22. The molecule has 0 aliphatic heterocycles. The molecule has 15 heteroatoms. The molecule has 39 heavy (non-hydrogen) atoms. The molecule has 0 aromatic heterocycles. The lowest BCUT2D eigenvalue weighted by Gasteiger charge is -2.14. The maximum atomic E-state index is 14.0. The van der Waals surface area contributed by atoms with Crippen LogP contribution in [0.2, 0.25) is 0 Å². The van der Waals surface area contributed by atoms with Crippen LogP contribution < -0.4 is 0 Å². The quantitative estimate of drug-likeness (QED) is 0.199. The van der Waals surface area contributed by atoms with Gasteiger partial charge in [0, 0.05) is 23.3 Å². The molecule has 4 aromatic carbocycles. The molecule has 0 N–H and O–H groups in total. The molecule has 0 aliphatic carbocycles. The van der Waals surface area contributed by atoms with Gasteiger partial charge in [0.15, 0.2) is 0 Å². The third kappa shape index (κ3) is 4.88. The van der Waals surface area contributed by atoms with E-state index in [2.05, 4.69) is 0 Å². The fourth-order valence-electron chi connectivity index (χ4n) is 3.99. The molecule has 0 saturated carbocycles. The van der Waals surface area contributed by atoms with Crippen LogP contribution in [0, 0.1) is 40.5 Å². The summed E-state index contributed by atoms with van der Waals surface area (Å²) in [4.78, 5) is 41.6. The highest BCUT2D eigenvalue weighted by molar-refractivity contribution is 7.91. The number of rotatable bonds is 8. The summed E-state index contributed by atoms with van der Waals surface area (Å²) in [6.07, 6.45) is 0. The Labute approximate surface area is 218 Å². The van der Waals surface area contributed by atoms with Crippen molar-refractivity contribution in [3.8, 4) is 22.3 Å². The monoisotopic (exact) mass is 550 g/mol. The van der Waals surface area contributed by atoms with Gasteiger partial charge in [-0.2, -0.15) is 0 Å². The predicted molar refractivity (Wildman–Crippen MR) is 136 cm³/mol. The number of nitro groups is 4. The molecule has 4 rings (SSSR count). The predicted octanol–water partition coefficient (Wildman–Crippen LogP) is 5.49. The van der Waals surface area contributed by atoms with Crippen LogP contribution in [0.15, 0.2) is 94.7 Å². The smallest absolute Gasteiger partial charge is 0.258 e. The fraction of sp³-hybridized carbons (Fsp3) is 0. The van der Waals surface area contributed by atoms with E-state index in [0.717, 1.165) is 24.3 Å². The van der Waals surface area contributed by atoms with Crippen molar-refractivity contribution in [2.45, 2.75) is 9.79 Å². The van der Waals surface area contributed by atoms with E-state index in [4.69, 9.17) is 0 Å². The summed E-state index contributed by atoms with van der Waals surface area (Å²) in [6.45, 7) is 0. The lowest BCUT2D eigenvalue weighted by Crippen LogP contribution is -2.07.